The van der Waals surface area contributed by atoms with Crippen molar-refractivity contribution in [3.05, 3.63) is 63.0 Å². The van der Waals surface area contributed by atoms with Crippen LogP contribution in [0.2, 0.25) is 0 Å². The molecule has 1 amide bonds. The number of phenols is 1. The third kappa shape index (κ3) is 3.39. The van der Waals surface area contributed by atoms with Crippen molar-refractivity contribution in [1.29, 1.82) is 0 Å². The molecule has 2 aromatic rings. The Hall–Kier alpha value is -2.91. The fraction of sp³-hybridized carbons (Fsp3) is 0.0588. The predicted molar refractivity (Wildman–Crippen MR) is 103 cm³/mol. The van der Waals surface area contributed by atoms with Gasteiger partial charge in [0, 0.05) is 17.7 Å². The summed E-state index contributed by atoms with van der Waals surface area (Å²) in [5, 5.41) is 20.8. The van der Waals surface area contributed by atoms with Crippen LogP contribution >= 0.6 is 24.0 Å². The van der Waals surface area contributed by atoms with Crippen LogP contribution < -0.4 is 9.64 Å². The molecule has 0 atom stereocenters. The lowest BCUT2D eigenvalue weighted by atomic mass is 10.1. The maximum Gasteiger partial charge on any atom is 0.270 e. The van der Waals surface area contributed by atoms with Gasteiger partial charge in [0.2, 0.25) is 0 Å². The summed E-state index contributed by atoms with van der Waals surface area (Å²) in [7, 11) is 1.54. The number of ether oxygens (including phenoxy) is 1. The van der Waals surface area contributed by atoms with Gasteiger partial charge in [-0.25, -0.2) is 0 Å². The lowest BCUT2D eigenvalue weighted by Gasteiger charge is -2.14. The molecule has 1 aliphatic heterocycles. The average Bonchev–Trinajstić information content (AvgIpc) is 2.90. The van der Waals surface area contributed by atoms with Gasteiger partial charge in [-0.1, -0.05) is 24.0 Å². The van der Waals surface area contributed by atoms with E-state index in [1.165, 1.54) is 29.2 Å². The van der Waals surface area contributed by atoms with Crippen LogP contribution in [-0.2, 0) is 4.79 Å². The van der Waals surface area contributed by atoms with E-state index in [4.69, 9.17) is 17.0 Å². The van der Waals surface area contributed by atoms with E-state index in [-0.39, 0.29) is 27.8 Å². The molecule has 9 heteroatoms. The Bertz CT molecular complexity index is 941. The zero-order valence-corrected chi connectivity index (χ0v) is 15.0. The number of amides is 1. The number of anilines is 1. The SMILES string of the molecule is COc1ccc(N2C(=O)/C(=C\c3cc([N+](=O)[O-])ccc3O)SC2=S)cc1. The number of carbonyl (C=O) groups excluding carboxylic acids is 1. The molecule has 2 aromatic carbocycles. The zero-order chi connectivity index (χ0) is 18.8. The van der Waals surface area contributed by atoms with Crippen molar-refractivity contribution in [2.24, 2.45) is 0 Å². The first-order valence-corrected chi connectivity index (χ1v) is 8.52. The minimum atomic E-state index is -0.570. The van der Waals surface area contributed by atoms with E-state index in [1.54, 1.807) is 31.4 Å². The summed E-state index contributed by atoms with van der Waals surface area (Å²) in [5.41, 5.74) is 0.578. The Kier molecular flexibility index (Phi) is 4.92. The van der Waals surface area contributed by atoms with E-state index < -0.39 is 4.92 Å². The average molecular weight is 388 g/mol. The first-order chi connectivity index (χ1) is 12.4. The molecule has 0 spiro atoms. The van der Waals surface area contributed by atoms with Gasteiger partial charge >= 0.3 is 0 Å². The summed E-state index contributed by atoms with van der Waals surface area (Å²) in [4.78, 5) is 24.7. The summed E-state index contributed by atoms with van der Waals surface area (Å²) in [6.45, 7) is 0. The standard InChI is InChI=1S/C17H12N2O5S2/c1-24-13-5-2-11(3-6-13)18-16(21)15(26-17(18)25)9-10-8-12(19(22)23)4-7-14(10)20/h2-9,20H,1H3/b15-9+. The molecule has 0 unspecified atom stereocenters. The molecular formula is C17H12N2O5S2. The normalized spacial score (nSPS) is 15.6. The van der Waals surface area contributed by atoms with E-state index >= 15 is 0 Å². The highest BCUT2D eigenvalue weighted by Crippen LogP contribution is 2.37. The lowest BCUT2D eigenvalue weighted by Crippen LogP contribution is -2.27. The molecule has 7 nitrogen and oxygen atoms in total. The second-order valence-electron chi connectivity index (χ2n) is 5.22. The molecule has 132 valence electrons. The fourth-order valence-electron chi connectivity index (χ4n) is 2.33. The molecule has 3 rings (SSSR count). The van der Waals surface area contributed by atoms with Gasteiger partial charge in [0.15, 0.2) is 4.32 Å². The molecule has 1 saturated heterocycles. The first-order valence-electron chi connectivity index (χ1n) is 7.30. The van der Waals surface area contributed by atoms with Crippen LogP contribution in [0.25, 0.3) is 6.08 Å². The second-order valence-corrected chi connectivity index (χ2v) is 6.89. The topological polar surface area (TPSA) is 92.9 Å². The van der Waals surface area contributed by atoms with E-state index in [1.807, 2.05) is 0 Å². The highest BCUT2D eigenvalue weighted by molar-refractivity contribution is 8.27. The van der Waals surface area contributed by atoms with Crippen molar-refractivity contribution >= 4 is 51.7 Å². The van der Waals surface area contributed by atoms with Crippen LogP contribution in [0.5, 0.6) is 11.5 Å². The molecule has 0 bridgehead atoms. The number of thiocarbonyl (C=S) groups is 1. The van der Waals surface area contributed by atoms with Gasteiger partial charge in [-0.05, 0) is 36.4 Å². The summed E-state index contributed by atoms with van der Waals surface area (Å²) >= 11 is 6.34. The van der Waals surface area contributed by atoms with Crippen molar-refractivity contribution < 1.29 is 19.6 Å². The number of benzene rings is 2. The van der Waals surface area contributed by atoms with Crippen LogP contribution in [0.3, 0.4) is 0 Å². The number of methoxy groups -OCH3 is 1. The zero-order valence-electron chi connectivity index (χ0n) is 13.4. The Labute approximate surface area is 158 Å². The van der Waals surface area contributed by atoms with Gasteiger partial charge < -0.3 is 9.84 Å². The highest BCUT2D eigenvalue weighted by Gasteiger charge is 2.33. The van der Waals surface area contributed by atoms with Gasteiger partial charge in [0.25, 0.3) is 11.6 Å². The summed E-state index contributed by atoms with van der Waals surface area (Å²) in [5.74, 6) is 0.123. The number of thioether (sulfide) groups is 1. The van der Waals surface area contributed by atoms with Gasteiger partial charge in [-0.3, -0.25) is 19.8 Å². The Balaban J connectivity index is 1.94. The van der Waals surface area contributed by atoms with E-state index in [2.05, 4.69) is 0 Å². The molecule has 1 heterocycles. The third-order valence-corrected chi connectivity index (χ3v) is 4.94. The largest absolute Gasteiger partial charge is 0.507 e. The smallest absolute Gasteiger partial charge is 0.270 e. The maximum atomic E-state index is 12.7. The predicted octanol–water partition coefficient (Wildman–Crippen LogP) is 3.71. The van der Waals surface area contributed by atoms with Crippen molar-refractivity contribution in [2.45, 2.75) is 0 Å². The highest BCUT2D eigenvalue weighted by atomic mass is 32.2. The fourth-order valence-corrected chi connectivity index (χ4v) is 3.62. The first kappa shape index (κ1) is 17.9. The van der Waals surface area contributed by atoms with Gasteiger partial charge in [-0.15, -0.1) is 0 Å². The molecular weight excluding hydrogens is 376 g/mol. The molecule has 0 radical (unpaired) electrons. The van der Waals surface area contributed by atoms with E-state index in [0.29, 0.717) is 15.8 Å². The number of aromatic hydroxyl groups is 1. The van der Waals surface area contributed by atoms with Crippen molar-refractivity contribution in [2.75, 3.05) is 12.0 Å². The van der Waals surface area contributed by atoms with E-state index in [9.17, 15) is 20.0 Å². The summed E-state index contributed by atoms with van der Waals surface area (Å²) in [6, 6.07) is 10.4. The molecule has 0 saturated carbocycles. The number of nitrogens with zero attached hydrogens (tertiary/aromatic N) is 2. The van der Waals surface area contributed by atoms with Crippen LogP contribution in [0.1, 0.15) is 5.56 Å². The van der Waals surface area contributed by atoms with Crippen LogP contribution in [0.4, 0.5) is 11.4 Å². The molecule has 26 heavy (non-hydrogen) atoms. The second kappa shape index (κ2) is 7.14. The molecule has 1 N–H and O–H groups in total. The summed E-state index contributed by atoms with van der Waals surface area (Å²) in [6.07, 6.45) is 1.39. The number of hydrogen-bond donors (Lipinski definition) is 1. The molecule has 1 fully saturated rings. The monoisotopic (exact) mass is 388 g/mol. The maximum absolute atomic E-state index is 12.7. The minimum absolute atomic E-state index is 0.162. The molecule has 0 aromatic heterocycles. The Morgan fingerprint density at radius 1 is 1.27 bits per heavy atom. The quantitative estimate of drug-likeness (QED) is 0.369. The number of non-ortho nitro benzene ring substituents is 1. The lowest BCUT2D eigenvalue weighted by molar-refractivity contribution is -0.384. The number of phenolic OH excluding ortho intramolecular Hbond substituents is 1. The number of hydrogen-bond acceptors (Lipinski definition) is 7. The third-order valence-electron chi connectivity index (χ3n) is 3.63. The van der Waals surface area contributed by atoms with Gasteiger partial charge in [0.1, 0.15) is 11.5 Å². The number of nitro benzene ring substituents is 1. The number of carbonyl (C=O) groups is 1. The Morgan fingerprint density at radius 2 is 1.96 bits per heavy atom. The summed E-state index contributed by atoms with van der Waals surface area (Å²) < 4.78 is 5.42. The van der Waals surface area contributed by atoms with E-state index in [0.717, 1.165) is 11.8 Å². The number of rotatable bonds is 4. The van der Waals surface area contributed by atoms with Crippen LogP contribution in [0, 0.1) is 10.1 Å². The Morgan fingerprint density at radius 3 is 2.58 bits per heavy atom. The van der Waals surface area contributed by atoms with Crippen molar-refractivity contribution in [3.63, 3.8) is 0 Å². The van der Waals surface area contributed by atoms with Crippen molar-refractivity contribution in [1.82, 2.24) is 0 Å². The molecule has 1 aliphatic rings. The van der Waals surface area contributed by atoms with Crippen LogP contribution in [-0.4, -0.2) is 27.4 Å². The van der Waals surface area contributed by atoms with Gasteiger partial charge in [-0.2, -0.15) is 0 Å². The van der Waals surface area contributed by atoms with Crippen LogP contribution in [0.15, 0.2) is 47.4 Å². The molecule has 0 aliphatic carbocycles. The number of nitro groups is 1. The van der Waals surface area contributed by atoms with Crippen molar-refractivity contribution in [3.8, 4) is 11.5 Å². The minimum Gasteiger partial charge on any atom is -0.507 e. The van der Waals surface area contributed by atoms with Gasteiger partial charge in [0.05, 0.1) is 22.6 Å².